The molecule has 0 spiro atoms. The number of esters is 1. The van der Waals surface area contributed by atoms with Gasteiger partial charge in [-0.15, -0.1) is 12.4 Å². The largest absolute Gasteiger partial charge is 0.463 e. The third-order valence-corrected chi connectivity index (χ3v) is 2.32. The Labute approximate surface area is 115 Å². The summed E-state index contributed by atoms with van der Waals surface area (Å²) in [6, 6.07) is 0. The minimum Gasteiger partial charge on any atom is -0.463 e. The van der Waals surface area contributed by atoms with E-state index in [1.807, 2.05) is 0 Å². The summed E-state index contributed by atoms with van der Waals surface area (Å²) >= 11 is 0. The van der Waals surface area contributed by atoms with Crippen molar-refractivity contribution in [3.8, 4) is 0 Å². The topological polar surface area (TPSA) is 81.8 Å². The Morgan fingerprint density at radius 1 is 1.28 bits per heavy atom. The highest BCUT2D eigenvalue weighted by atomic mass is 35.5. The van der Waals surface area contributed by atoms with Gasteiger partial charge in [0, 0.05) is 6.42 Å². The zero-order valence-corrected chi connectivity index (χ0v) is 12.1. The summed E-state index contributed by atoms with van der Waals surface area (Å²) in [7, 11) is 0. The van der Waals surface area contributed by atoms with Gasteiger partial charge in [-0.1, -0.05) is 13.8 Å². The van der Waals surface area contributed by atoms with Gasteiger partial charge in [-0.2, -0.15) is 0 Å². The summed E-state index contributed by atoms with van der Waals surface area (Å²) in [4.78, 5) is 11.4. The second kappa shape index (κ2) is 13.1. The maximum Gasteiger partial charge on any atom is 0.306 e. The molecule has 0 aromatic heterocycles. The van der Waals surface area contributed by atoms with Crippen LogP contribution < -0.4 is 5.73 Å². The molecular formula is C12H26ClNO4. The number of aliphatic hydroxyl groups excluding tert-OH is 1. The molecule has 0 radical (unpaired) electrons. The van der Waals surface area contributed by atoms with Crippen LogP contribution in [0.1, 0.15) is 26.7 Å². The van der Waals surface area contributed by atoms with E-state index < -0.39 is 0 Å². The maximum atomic E-state index is 11.4. The lowest BCUT2D eigenvalue weighted by atomic mass is 9.94. The molecule has 0 aromatic carbocycles. The fourth-order valence-electron chi connectivity index (χ4n) is 1.61. The molecule has 5 nitrogen and oxygen atoms in total. The van der Waals surface area contributed by atoms with E-state index in [0.717, 1.165) is 6.42 Å². The first-order chi connectivity index (χ1) is 8.10. The number of ether oxygens (including phenoxy) is 2. The molecule has 18 heavy (non-hydrogen) atoms. The zero-order valence-electron chi connectivity index (χ0n) is 11.3. The lowest BCUT2D eigenvalue weighted by Gasteiger charge is -2.16. The third kappa shape index (κ3) is 12.1. The SMILES string of the molecule is CC(C)C[C@H](CN)CC(=O)OCCOCCO.Cl. The number of carbonyl (C=O) groups excluding carboxylic acids is 1. The van der Waals surface area contributed by atoms with Gasteiger partial charge in [-0.3, -0.25) is 4.79 Å². The van der Waals surface area contributed by atoms with E-state index in [2.05, 4.69) is 13.8 Å². The summed E-state index contributed by atoms with van der Waals surface area (Å²) in [5.74, 6) is 0.499. The highest BCUT2D eigenvalue weighted by Crippen LogP contribution is 2.14. The van der Waals surface area contributed by atoms with Crippen molar-refractivity contribution in [3.05, 3.63) is 0 Å². The minimum absolute atomic E-state index is 0. The van der Waals surface area contributed by atoms with E-state index in [1.54, 1.807) is 0 Å². The molecule has 0 saturated heterocycles. The van der Waals surface area contributed by atoms with Crippen molar-refractivity contribution in [1.29, 1.82) is 0 Å². The number of hydrogen-bond donors (Lipinski definition) is 2. The Bertz CT molecular complexity index is 203. The van der Waals surface area contributed by atoms with Crippen molar-refractivity contribution in [2.45, 2.75) is 26.7 Å². The van der Waals surface area contributed by atoms with E-state index in [1.165, 1.54) is 0 Å². The van der Waals surface area contributed by atoms with Gasteiger partial charge in [0.05, 0.1) is 19.8 Å². The minimum atomic E-state index is -0.228. The van der Waals surface area contributed by atoms with E-state index in [9.17, 15) is 4.79 Å². The molecule has 0 rings (SSSR count). The summed E-state index contributed by atoms with van der Waals surface area (Å²) < 4.78 is 9.98. The van der Waals surface area contributed by atoms with Crippen LogP contribution in [0.15, 0.2) is 0 Å². The van der Waals surface area contributed by atoms with Crippen LogP contribution in [0.3, 0.4) is 0 Å². The summed E-state index contributed by atoms with van der Waals surface area (Å²) in [6.45, 7) is 5.54. The van der Waals surface area contributed by atoms with Crippen LogP contribution in [0, 0.1) is 11.8 Å². The highest BCUT2D eigenvalue weighted by Gasteiger charge is 2.14. The predicted octanol–water partition coefficient (Wildman–Crippen LogP) is 0.971. The van der Waals surface area contributed by atoms with Crippen molar-refractivity contribution < 1.29 is 19.4 Å². The summed E-state index contributed by atoms with van der Waals surface area (Å²) in [5.41, 5.74) is 5.60. The maximum absolute atomic E-state index is 11.4. The number of carbonyl (C=O) groups is 1. The second-order valence-electron chi connectivity index (χ2n) is 4.49. The van der Waals surface area contributed by atoms with E-state index in [4.69, 9.17) is 20.3 Å². The van der Waals surface area contributed by atoms with Crippen molar-refractivity contribution in [2.24, 2.45) is 17.6 Å². The van der Waals surface area contributed by atoms with Crippen molar-refractivity contribution in [1.82, 2.24) is 0 Å². The van der Waals surface area contributed by atoms with Crippen LogP contribution >= 0.6 is 12.4 Å². The van der Waals surface area contributed by atoms with Crippen LogP contribution in [0.25, 0.3) is 0 Å². The Morgan fingerprint density at radius 3 is 2.44 bits per heavy atom. The van der Waals surface area contributed by atoms with Crippen LogP contribution in [-0.4, -0.2) is 44.0 Å². The van der Waals surface area contributed by atoms with Crippen LogP contribution in [0.2, 0.25) is 0 Å². The van der Waals surface area contributed by atoms with E-state index >= 15 is 0 Å². The van der Waals surface area contributed by atoms with E-state index in [0.29, 0.717) is 25.5 Å². The first kappa shape index (κ1) is 20.0. The molecule has 0 aliphatic carbocycles. The molecule has 0 aromatic rings. The molecule has 0 heterocycles. The Kier molecular flexibility index (Phi) is 14.5. The molecule has 0 bridgehead atoms. The monoisotopic (exact) mass is 283 g/mol. The standard InChI is InChI=1S/C12H25NO4.ClH/c1-10(2)7-11(9-13)8-12(15)17-6-5-16-4-3-14;/h10-11,14H,3-9,13H2,1-2H3;1H/t11-;/m0./s1. The van der Waals surface area contributed by atoms with Crippen molar-refractivity contribution >= 4 is 18.4 Å². The number of aliphatic hydroxyl groups is 1. The van der Waals surface area contributed by atoms with Gasteiger partial charge >= 0.3 is 5.97 Å². The molecule has 0 unspecified atom stereocenters. The molecule has 1 atom stereocenters. The first-order valence-corrected chi connectivity index (χ1v) is 6.14. The lowest BCUT2D eigenvalue weighted by molar-refractivity contribution is -0.146. The average molecular weight is 284 g/mol. The van der Waals surface area contributed by atoms with Gasteiger partial charge in [-0.05, 0) is 24.8 Å². The van der Waals surface area contributed by atoms with Crippen LogP contribution in [0.5, 0.6) is 0 Å². The quantitative estimate of drug-likeness (QED) is 0.461. The molecule has 0 aliphatic rings. The van der Waals surface area contributed by atoms with Gasteiger partial charge in [-0.25, -0.2) is 0 Å². The fourth-order valence-corrected chi connectivity index (χ4v) is 1.61. The predicted molar refractivity (Wildman–Crippen MR) is 72.7 cm³/mol. The van der Waals surface area contributed by atoms with E-state index in [-0.39, 0.29) is 44.1 Å². The van der Waals surface area contributed by atoms with Crippen molar-refractivity contribution in [2.75, 3.05) is 33.0 Å². The number of rotatable bonds is 10. The van der Waals surface area contributed by atoms with Crippen molar-refractivity contribution in [3.63, 3.8) is 0 Å². The van der Waals surface area contributed by atoms with Gasteiger partial charge in [0.1, 0.15) is 6.61 Å². The average Bonchev–Trinajstić information content (AvgIpc) is 2.27. The fraction of sp³-hybridized carbons (Fsp3) is 0.917. The molecule has 0 amide bonds. The molecule has 0 fully saturated rings. The molecule has 110 valence electrons. The third-order valence-electron chi connectivity index (χ3n) is 2.32. The first-order valence-electron chi connectivity index (χ1n) is 6.14. The lowest BCUT2D eigenvalue weighted by Crippen LogP contribution is -2.22. The Balaban J connectivity index is 0. The normalized spacial score (nSPS) is 12.1. The number of hydrogen-bond acceptors (Lipinski definition) is 5. The molecule has 6 heteroatoms. The Hall–Kier alpha value is -0.360. The van der Waals surface area contributed by atoms with Gasteiger partial charge in [0.25, 0.3) is 0 Å². The number of nitrogens with two attached hydrogens (primary N) is 1. The van der Waals surface area contributed by atoms with Crippen LogP contribution in [-0.2, 0) is 14.3 Å². The molecular weight excluding hydrogens is 258 g/mol. The van der Waals surface area contributed by atoms with Gasteiger partial charge < -0.3 is 20.3 Å². The van der Waals surface area contributed by atoms with Gasteiger partial charge in [0.15, 0.2) is 0 Å². The molecule has 3 N–H and O–H groups in total. The summed E-state index contributed by atoms with van der Waals surface area (Å²) in [6.07, 6.45) is 1.31. The Morgan fingerprint density at radius 2 is 1.94 bits per heavy atom. The molecule has 0 aliphatic heterocycles. The summed E-state index contributed by atoms with van der Waals surface area (Å²) in [5, 5.41) is 8.46. The smallest absolute Gasteiger partial charge is 0.306 e. The highest BCUT2D eigenvalue weighted by molar-refractivity contribution is 5.85. The molecule has 0 saturated carbocycles. The van der Waals surface area contributed by atoms with Gasteiger partial charge in [0.2, 0.25) is 0 Å². The second-order valence-corrected chi connectivity index (χ2v) is 4.49. The van der Waals surface area contributed by atoms with Crippen LogP contribution in [0.4, 0.5) is 0 Å². The zero-order chi connectivity index (χ0) is 13.1. The number of halogens is 1.